The summed E-state index contributed by atoms with van der Waals surface area (Å²) in [5.41, 5.74) is -2.05. The fourth-order valence-corrected chi connectivity index (χ4v) is 4.57. The highest BCUT2D eigenvalue weighted by atomic mass is 19.4. The average molecular weight is 488 g/mol. The Labute approximate surface area is 194 Å². The summed E-state index contributed by atoms with van der Waals surface area (Å²) in [5, 5.41) is 21.0. The SMILES string of the molecule is COC(=O)N1CCN(C(=O)Cc2ccc(C(F)(F)F)cc2[N+](=O)[O-])C(CN2CCCC2CO)C1. The van der Waals surface area contributed by atoms with E-state index < -0.39 is 46.8 Å². The van der Waals surface area contributed by atoms with Crippen molar-refractivity contribution in [2.75, 3.05) is 46.4 Å². The van der Waals surface area contributed by atoms with Crippen molar-refractivity contribution in [3.8, 4) is 0 Å². The molecule has 2 atom stereocenters. The Morgan fingerprint density at radius 2 is 1.97 bits per heavy atom. The summed E-state index contributed by atoms with van der Waals surface area (Å²) in [5.74, 6) is -0.489. The maximum absolute atomic E-state index is 13.2. The molecule has 0 aliphatic carbocycles. The lowest BCUT2D eigenvalue weighted by atomic mass is 10.0. The molecular formula is C21H27F3N4O6. The number of nitrogens with zero attached hydrogens (tertiary/aromatic N) is 4. The van der Waals surface area contributed by atoms with Crippen LogP contribution in [0.2, 0.25) is 0 Å². The summed E-state index contributed by atoms with van der Waals surface area (Å²) >= 11 is 0. The second kappa shape index (κ2) is 10.6. The molecule has 2 aliphatic rings. The monoisotopic (exact) mass is 488 g/mol. The molecule has 2 unspecified atom stereocenters. The van der Waals surface area contributed by atoms with E-state index >= 15 is 0 Å². The molecule has 3 rings (SSSR count). The molecule has 2 aliphatic heterocycles. The molecule has 0 spiro atoms. The minimum absolute atomic E-state index is 0.0425. The van der Waals surface area contributed by atoms with Crippen LogP contribution in [0.15, 0.2) is 18.2 Å². The third-order valence-corrected chi connectivity index (χ3v) is 6.34. The Hall–Kier alpha value is -2.93. The van der Waals surface area contributed by atoms with Gasteiger partial charge in [-0.2, -0.15) is 13.2 Å². The number of carbonyl (C=O) groups is 2. The smallest absolute Gasteiger partial charge is 0.416 e. The number of benzene rings is 1. The van der Waals surface area contributed by atoms with Gasteiger partial charge in [-0.05, 0) is 25.5 Å². The normalized spacial score (nSPS) is 21.6. The number of likely N-dealkylation sites (tertiary alicyclic amines) is 1. The number of amides is 2. The fraction of sp³-hybridized carbons (Fsp3) is 0.619. The van der Waals surface area contributed by atoms with Gasteiger partial charge in [0.15, 0.2) is 0 Å². The number of alkyl halides is 3. The number of hydrogen-bond acceptors (Lipinski definition) is 7. The van der Waals surface area contributed by atoms with Gasteiger partial charge >= 0.3 is 12.3 Å². The first-order valence-electron chi connectivity index (χ1n) is 10.9. The van der Waals surface area contributed by atoms with Crippen molar-refractivity contribution >= 4 is 17.7 Å². The molecule has 13 heteroatoms. The molecule has 188 valence electrons. The Morgan fingerprint density at radius 3 is 2.59 bits per heavy atom. The van der Waals surface area contributed by atoms with Gasteiger partial charge in [0.25, 0.3) is 5.69 Å². The van der Waals surface area contributed by atoms with Crippen LogP contribution in [0.4, 0.5) is 23.7 Å². The van der Waals surface area contributed by atoms with E-state index in [4.69, 9.17) is 4.74 Å². The van der Waals surface area contributed by atoms with Gasteiger partial charge in [0.1, 0.15) is 0 Å². The molecule has 1 aromatic carbocycles. The van der Waals surface area contributed by atoms with Crippen molar-refractivity contribution in [2.24, 2.45) is 0 Å². The Bertz CT molecular complexity index is 928. The highest BCUT2D eigenvalue weighted by molar-refractivity contribution is 5.81. The number of hydrogen-bond donors (Lipinski definition) is 1. The van der Waals surface area contributed by atoms with Crippen molar-refractivity contribution in [3.63, 3.8) is 0 Å². The van der Waals surface area contributed by atoms with Crippen molar-refractivity contribution in [1.29, 1.82) is 0 Å². The number of nitro groups is 1. The molecule has 10 nitrogen and oxygen atoms in total. The highest BCUT2D eigenvalue weighted by Crippen LogP contribution is 2.33. The van der Waals surface area contributed by atoms with Crippen molar-refractivity contribution in [1.82, 2.24) is 14.7 Å². The number of rotatable bonds is 6. The van der Waals surface area contributed by atoms with E-state index in [1.807, 2.05) is 4.90 Å². The Kier molecular flexibility index (Phi) is 7.97. The van der Waals surface area contributed by atoms with E-state index in [9.17, 15) is 38.0 Å². The lowest BCUT2D eigenvalue weighted by molar-refractivity contribution is -0.385. The quantitative estimate of drug-likeness (QED) is 0.480. The molecule has 1 N–H and O–H groups in total. The number of aliphatic hydroxyl groups is 1. The van der Waals surface area contributed by atoms with Gasteiger partial charge in [0, 0.05) is 43.9 Å². The standard InChI is InChI=1S/C21H27F3N4O6/c1-34-20(31)26-7-8-27(17(12-26)11-25-6-2-3-16(25)13-29)19(30)9-14-4-5-15(21(22,23)24)10-18(14)28(32)33/h4-5,10,16-17,29H,2-3,6-9,11-13H2,1H3. The summed E-state index contributed by atoms with van der Waals surface area (Å²) in [6.45, 7) is 1.55. The summed E-state index contributed by atoms with van der Waals surface area (Å²) in [6.07, 6.45) is -4.07. The van der Waals surface area contributed by atoms with E-state index in [0.29, 0.717) is 19.2 Å². The van der Waals surface area contributed by atoms with Gasteiger partial charge in [-0.25, -0.2) is 4.79 Å². The lowest BCUT2D eigenvalue weighted by Crippen LogP contribution is -2.60. The number of carbonyl (C=O) groups excluding carboxylic acids is 2. The van der Waals surface area contributed by atoms with E-state index in [-0.39, 0.29) is 37.8 Å². The number of aliphatic hydroxyl groups excluding tert-OH is 1. The first-order chi connectivity index (χ1) is 16.0. The van der Waals surface area contributed by atoms with Gasteiger partial charge in [0.2, 0.25) is 5.91 Å². The minimum Gasteiger partial charge on any atom is -0.453 e. The van der Waals surface area contributed by atoms with Crippen molar-refractivity contribution in [2.45, 2.75) is 37.5 Å². The van der Waals surface area contributed by atoms with Crippen LogP contribution in [0.1, 0.15) is 24.0 Å². The molecule has 2 fully saturated rings. The molecule has 34 heavy (non-hydrogen) atoms. The number of ether oxygens (including phenoxy) is 1. The highest BCUT2D eigenvalue weighted by Gasteiger charge is 2.37. The van der Waals surface area contributed by atoms with E-state index in [0.717, 1.165) is 25.0 Å². The van der Waals surface area contributed by atoms with Crippen LogP contribution in [0, 0.1) is 10.1 Å². The fourth-order valence-electron chi connectivity index (χ4n) is 4.57. The van der Waals surface area contributed by atoms with Crippen LogP contribution in [0.25, 0.3) is 0 Å². The first-order valence-corrected chi connectivity index (χ1v) is 10.9. The number of methoxy groups -OCH3 is 1. The molecule has 0 bridgehead atoms. The van der Waals surface area contributed by atoms with Crippen LogP contribution in [-0.2, 0) is 22.1 Å². The van der Waals surface area contributed by atoms with Gasteiger partial charge in [-0.15, -0.1) is 0 Å². The summed E-state index contributed by atoms with van der Waals surface area (Å²) in [4.78, 5) is 40.7. The zero-order valence-electron chi connectivity index (χ0n) is 18.7. The van der Waals surface area contributed by atoms with Gasteiger partial charge in [-0.1, -0.05) is 6.07 Å². The summed E-state index contributed by atoms with van der Waals surface area (Å²) in [7, 11) is 1.25. The first kappa shape index (κ1) is 25.7. The molecule has 0 saturated carbocycles. The van der Waals surface area contributed by atoms with E-state index in [2.05, 4.69) is 0 Å². The van der Waals surface area contributed by atoms with Crippen LogP contribution >= 0.6 is 0 Å². The minimum atomic E-state index is -4.75. The van der Waals surface area contributed by atoms with Crippen LogP contribution in [0.3, 0.4) is 0 Å². The van der Waals surface area contributed by atoms with Gasteiger partial charge < -0.3 is 19.6 Å². The molecule has 2 heterocycles. The second-order valence-corrected chi connectivity index (χ2v) is 8.41. The number of nitro benzene ring substituents is 1. The topological polar surface area (TPSA) is 116 Å². The Morgan fingerprint density at radius 1 is 1.24 bits per heavy atom. The maximum atomic E-state index is 13.2. The zero-order valence-corrected chi connectivity index (χ0v) is 18.7. The Balaban J connectivity index is 1.82. The molecule has 0 radical (unpaired) electrons. The predicted octanol–water partition coefficient (Wildman–Crippen LogP) is 1.89. The molecule has 0 aromatic heterocycles. The zero-order chi connectivity index (χ0) is 25.0. The summed E-state index contributed by atoms with van der Waals surface area (Å²) in [6, 6.07) is 1.58. The molecular weight excluding hydrogens is 461 g/mol. The van der Waals surface area contributed by atoms with Crippen molar-refractivity contribution < 1.29 is 37.5 Å². The largest absolute Gasteiger partial charge is 0.453 e. The van der Waals surface area contributed by atoms with Crippen LogP contribution in [-0.4, -0.2) is 95.3 Å². The molecule has 1 aromatic rings. The second-order valence-electron chi connectivity index (χ2n) is 8.41. The predicted molar refractivity (Wildman–Crippen MR) is 113 cm³/mol. The maximum Gasteiger partial charge on any atom is 0.416 e. The molecule has 2 amide bonds. The van der Waals surface area contributed by atoms with Gasteiger partial charge in [-0.3, -0.25) is 19.8 Å². The van der Waals surface area contributed by atoms with Crippen LogP contribution < -0.4 is 0 Å². The van der Waals surface area contributed by atoms with Crippen LogP contribution in [0.5, 0.6) is 0 Å². The lowest BCUT2D eigenvalue weighted by Gasteiger charge is -2.43. The van der Waals surface area contributed by atoms with E-state index in [1.165, 1.54) is 16.9 Å². The average Bonchev–Trinajstić information content (AvgIpc) is 3.24. The van der Waals surface area contributed by atoms with Gasteiger partial charge in [0.05, 0.1) is 36.7 Å². The third kappa shape index (κ3) is 5.76. The summed E-state index contributed by atoms with van der Waals surface area (Å²) < 4.78 is 43.8. The van der Waals surface area contributed by atoms with E-state index in [1.54, 1.807) is 0 Å². The number of piperazine rings is 1. The number of halogens is 3. The third-order valence-electron chi connectivity index (χ3n) is 6.34. The van der Waals surface area contributed by atoms with Crippen molar-refractivity contribution in [3.05, 3.63) is 39.4 Å². The molecule has 2 saturated heterocycles.